The molecule has 8 N–H and O–H groups in total. The number of phenolic OH excluding ortho intramolecular Hbond substituents is 2. The third kappa shape index (κ3) is 6.74. The van der Waals surface area contributed by atoms with Gasteiger partial charge in [0, 0.05) is 30.7 Å². The number of aliphatic hydroxyl groups is 6. The molecule has 2 saturated heterocycles. The number of aliphatic hydroxyl groups excluding tert-OH is 6. The lowest BCUT2D eigenvalue weighted by Crippen LogP contribution is -2.65. The first-order valence-electron chi connectivity index (χ1n) is 13.8. The molecule has 244 valence electrons. The van der Waals surface area contributed by atoms with Crippen LogP contribution >= 0.6 is 0 Å². The Morgan fingerprint density at radius 3 is 2.18 bits per heavy atom. The summed E-state index contributed by atoms with van der Waals surface area (Å²) in [6, 6.07) is 9.22. The van der Waals surface area contributed by atoms with Gasteiger partial charge in [-0.15, -0.1) is 0 Å². The molecule has 3 aromatic rings. The van der Waals surface area contributed by atoms with E-state index in [0.29, 0.717) is 5.56 Å². The normalized spacial score (nSPS) is 31.9. The van der Waals surface area contributed by atoms with E-state index in [2.05, 4.69) is 0 Å². The first-order valence-corrected chi connectivity index (χ1v) is 13.8. The summed E-state index contributed by atoms with van der Waals surface area (Å²) in [5, 5.41) is 82.4. The van der Waals surface area contributed by atoms with Crippen molar-refractivity contribution in [1.82, 2.24) is 0 Å². The van der Waals surface area contributed by atoms with Crippen molar-refractivity contribution in [1.29, 1.82) is 0 Å². The van der Waals surface area contributed by atoms with Crippen LogP contribution in [0.25, 0.3) is 22.3 Å². The number of rotatable bonds is 8. The molecule has 0 amide bonds. The standard InChI is InChI=1S/C29H32O16/c1-11(31)40-10-20-23(36)24(37)26(39)28(44-20)45-27-25(38)22(35)19(9-30)43-29(27)41-14-6-15(33)21-16(34)8-17(42-18(21)7-14)12-2-4-13(32)5-3-12/h2-8,19-20,22-30,32-33,35-39H,9-10H2,1H3/t19?,20?,22-,23+,24-,25-,26?,27?,28-,29+/m0/s1. The molecule has 0 spiro atoms. The number of phenols is 2. The predicted molar refractivity (Wildman–Crippen MR) is 148 cm³/mol. The number of carbonyl (C=O) groups is 1. The molecule has 5 rings (SSSR count). The zero-order chi connectivity index (χ0) is 32.6. The van der Waals surface area contributed by atoms with E-state index in [1.54, 1.807) is 0 Å². The quantitative estimate of drug-likeness (QED) is 0.130. The van der Waals surface area contributed by atoms with E-state index < -0.39 is 91.8 Å². The number of esters is 1. The van der Waals surface area contributed by atoms with Crippen molar-refractivity contribution in [3.63, 3.8) is 0 Å². The van der Waals surface area contributed by atoms with Crippen LogP contribution in [0.15, 0.2) is 51.7 Å². The van der Waals surface area contributed by atoms with Crippen LogP contribution in [0.4, 0.5) is 0 Å². The van der Waals surface area contributed by atoms with Crippen LogP contribution in [0.1, 0.15) is 6.92 Å². The van der Waals surface area contributed by atoms with Gasteiger partial charge in [0.15, 0.2) is 17.8 Å². The molecular weight excluding hydrogens is 604 g/mol. The third-order valence-corrected chi connectivity index (χ3v) is 7.42. The Balaban J connectivity index is 1.45. The van der Waals surface area contributed by atoms with E-state index in [-0.39, 0.29) is 28.2 Å². The second-order valence-electron chi connectivity index (χ2n) is 10.6. The second-order valence-corrected chi connectivity index (χ2v) is 10.6. The molecule has 16 heteroatoms. The van der Waals surface area contributed by atoms with Gasteiger partial charge in [0.05, 0.1) is 6.61 Å². The molecule has 0 radical (unpaired) electrons. The van der Waals surface area contributed by atoms with Crippen LogP contribution in [0.5, 0.6) is 17.2 Å². The average Bonchev–Trinajstić information content (AvgIpc) is 2.99. The summed E-state index contributed by atoms with van der Waals surface area (Å²) in [5.74, 6) is -1.35. The molecule has 4 unspecified atom stereocenters. The molecule has 2 aromatic carbocycles. The summed E-state index contributed by atoms with van der Waals surface area (Å²) in [6.45, 7) is -0.182. The third-order valence-electron chi connectivity index (χ3n) is 7.42. The zero-order valence-corrected chi connectivity index (χ0v) is 23.6. The van der Waals surface area contributed by atoms with Crippen LogP contribution in [0, 0.1) is 0 Å². The topological polar surface area (TPSA) is 255 Å². The number of hydrogen-bond donors (Lipinski definition) is 8. The van der Waals surface area contributed by atoms with Crippen molar-refractivity contribution in [3.05, 3.63) is 52.7 Å². The number of fused-ring (bicyclic) bond motifs is 1. The summed E-state index contributed by atoms with van der Waals surface area (Å²) in [4.78, 5) is 24.1. The molecule has 2 aliphatic rings. The molecule has 1 aromatic heterocycles. The highest BCUT2D eigenvalue weighted by molar-refractivity contribution is 5.86. The van der Waals surface area contributed by atoms with Crippen molar-refractivity contribution in [2.24, 2.45) is 0 Å². The molecule has 45 heavy (non-hydrogen) atoms. The van der Waals surface area contributed by atoms with Crippen molar-refractivity contribution < 1.29 is 73.7 Å². The Kier molecular flexibility index (Phi) is 9.59. The van der Waals surface area contributed by atoms with E-state index in [4.69, 9.17) is 28.1 Å². The number of aromatic hydroxyl groups is 2. The molecule has 3 heterocycles. The summed E-state index contributed by atoms with van der Waals surface area (Å²) < 4.78 is 33.3. The summed E-state index contributed by atoms with van der Waals surface area (Å²) in [5.41, 5.74) is -0.274. The molecule has 0 saturated carbocycles. The van der Waals surface area contributed by atoms with Crippen molar-refractivity contribution >= 4 is 16.9 Å². The predicted octanol–water partition coefficient (Wildman–Crippen LogP) is -1.56. The van der Waals surface area contributed by atoms with E-state index in [1.807, 2.05) is 0 Å². The van der Waals surface area contributed by atoms with Gasteiger partial charge in [0.25, 0.3) is 0 Å². The highest BCUT2D eigenvalue weighted by Crippen LogP contribution is 2.35. The molecule has 16 nitrogen and oxygen atoms in total. The Bertz CT molecular complexity index is 1560. The second kappa shape index (κ2) is 13.3. The maximum atomic E-state index is 12.8. The minimum absolute atomic E-state index is 0.00953. The van der Waals surface area contributed by atoms with Crippen LogP contribution in [0.3, 0.4) is 0 Å². The fourth-order valence-electron chi connectivity index (χ4n) is 5.03. The van der Waals surface area contributed by atoms with Crippen molar-refractivity contribution in [2.75, 3.05) is 13.2 Å². The SMILES string of the molecule is CC(=O)OCC1O[C@@H](OC2[C@H](Oc3cc(O)c4c(=O)cc(-c5ccc(O)cc5)oc4c3)OC(CO)[C@H](O)[C@@H]2O)C(O)[C@@H](O)[C@@H]1O. The number of carbonyl (C=O) groups excluding carboxylic acids is 1. The number of hydrogen-bond acceptors (Lipinski definition) is 16. The van der Waals surface area contributed by atoms with Crippen LogP contribution in [0.2, 0.25) is 0 Å². The molecule has 2 aliphatic heterocycles. The monoisotopic (exact) mass is 636 g/mol. The highest BCUT2D eigenvalue weighted by atomic mass is 16.8. The first kappa shape index (κ1) is 32.6. The minimum atomic E-state index is -1.90. The highest BCUT2D eigenvalue weighted by Gasteiger charge is 2.51. The van der Waals surface area contributed by atoms with E-state index >= 15 is 0 Å². The largest absolute Gasteiger partial charge is 0.508 e. The van der Waals surface area contributed by atoms with Gasteiger partial charge < -0.3 is 69.0 Å². The maximum absolute atomic E-state index is 12.8. The summed E-state index contributed by atoms with van der Waals surface area (Å²) >= 11 is 0. The van der Waals surface area contributed by atoms with Gasteiger partial charge in [0.1, 0.15) is 83.3 Å². The lowest BCUT2D eigenvalue weighted by molar-refractivity contribution is -0.358. The molecule has 2 fully saturated rings. The molecule has 10 atom stereocenters. The fourth-order valence-corrected chi connectivity index (χ4v) is 5.03. The Labute approximate surface area is 253 Å². The summed E-state index contributed by atoms with van der Waals surface area (Å²) in [7, 11) is 0. The van der Waals surface area contributed by atoms with E-state index in [0.717, 1.165) is 19.1 Å². The molecule has 0 bridgehead atoms. The van der Waals surface area contributed by atoms with Gasteiger partial charge in [-0.3, -0.25) is 9.59 Å². The van der Waals surface area contributed by atoms with Gasteiger partial charge in [-0.1, -0.05) is 0 Å². The van der Waals surface area contributed by atoms with Gasteiger partial charge >= 0.3 is 5.97 Å². The van der Waals surface area contributed by atoms with Crippen LogP contribution in [-0.2, 0) is 23.7 Å². The first-order chi connectivity index (χ1) is 21.4. The Morgan fingerprint density at radius 1 is 0.844 bits per heavy atom. The van der Waals surface area contributed by atoms with Crippen LogP contribution in [-0.4, -0.2) is 121 Å². The lowest BCUT2D eigenvalue weighted by atomic mass is 9.97. The van der Waals surface area contributed by atoms with Crippen molar-refractivity contribution in [2.45, 2.75) is 68.3 Å². The molecule has 0 aliphatic carbocycles. The Hall–Kier alpha value is -3.84. The number of ether oxygens (including phenoxy) is 5. The van der Waals surface area contributed by atoms with E-state index in [9.17, 15) is 50.4 Å². The van der Waals surface area contributed by atoms with Gasteiger partial charge in [-0.25, -0.2) is 0 Å². The van der Waals surface area contributed by atoms with Gasteiger partial charge in [0.2, 0.25) is 6.29 Å². The summed E-state index contributed by atoms with van der Waals surface area (Å²) in [6.07, 6.45) is -16.9. The lowest BCUT2D eigenvalue weighted by Gasteiger charge is -2.45. The number of benzene rings is 2. The molecular formula is C29H32O16. The fraction of sp³-hybridized carbons (Fsp3) is 0.448. The average molecular weight is 637 g/mol. The van der Waals surface area contributed by atoms with Gasteiger partial charge in [-0.05, 0) is 24.3 Å². The van der Waals surface area contributed by atoms with Gasteiger partial charge in [-0.2, -0.15) is 0 Å². The minimum Gasteiger partial charge on any atom is -0.508 e. The zero-order valence-electron chi connectivity index (χ0n) is 23.6. The van der Waals surface area contributed by atoms with Crippen LogP contribution < -0.4 is 10.2 Å². The Morgan fingerprint density at radius 2 is 1.51 bits per heavy atom. The van der Waals surface area contributed by atoms with E-state index in [1.165, 1.54) is 30.3 Å². The maximum Gasteiger partial charge on any atom is 0.302 e. The smallest absolute Gasteiger partial charge is 0.302 e. The van der Waals surface area contributed by atoms with Crippen molar-refractivity contribution in [3.8, 4) is 28.6 Å².